The normalized spacial score (nSPS) is 11.2. The number of carbonyl (C=O) groups is 1. The van der Waals surface area contributed by atoms with Crippen molar-refractivity contribution in [2.24, 2.45) is 0 Å². The topological polar surface area (TPSA) is 38.3 Å². The zero-order valence-corrected chi connectivity index (χ0v) is 10.9. The number of rotatable bonds is 4. The van der Waals surface area contributed by atoms with Crippen molar-refractivity contribution in [2.45, 2.75) is 12.7 Å². The molecule has 0 aliphatic carbocycles. The molecule has 0 bridgehead atoms. The molecule has 0 heterocycles. The van der Waals surface area contributed by atoms with Crippen LogP contribution in [-0.4, -0.2) is 12.1 Å². The lowest BCUT2D eigenvalue weighted by atomic mass is 10.0. The second kappa shape index (κ2) is 6.41. The van der Waals surface area contributed by atoms with E-state index in [2.05, 4.69) is 4.84 Å². The summed E-state index contributed by atoms with van der Waals surface area (Å²) in [7, 11) is 0. The monoisotopic (exact) mass is 295 g/mol. The maximum Gasteiger partial charge on any atom is 0.492 e. The van der Waals surface area contributed by atoms with E-state index in [1.165, 1.54) is 0 Å². The average Bonchev–Trinajstić information content (AvgIpc) is 2.48. The highest BCUT2D eigenvalue weighted by Crippen LogP contribution is 2.19. The van der Waals surface area contributed by atoms with Crippen molar-refractivity contribution in [3.8, 4) is 11.1 Å². The molecule has 0 spiro atoms. The van der Waals surface area contributed by atoms with E-state index in [0.29, 0.717) is 5.56 Å². The van der Waals surface area contributed by atoms with Crippen molar-refractivity contribution in [1.82, 2.24) is 5.48 Å². The summed E-state index contributed by atoms with van der Waals surface area (Å²) >= 11 is 0. The Balaban J connectivity index is 1.90. The van der Waals surface area contributed by atoms with Gasteiger partial charge in [-0.2, -0.15) is 13.2 Å². The van der Waals surface area contributed by atoms with Crippen LogP contribution in [0.3, 0.4) is 0 Å². The number of benzene rings is 2. The standard InChI is InChI=1S/C15H12F3NO2/c16-15(17,18)14(20)21-19-10-11-6-8-13(9-7-11)12-4-2-1-3-5-12/h1-9,19H,10H2. The molecule has 0 unspecified atom stereocenters. The lowest BCUT2D eigenvalue weighted by Gasteiger charge is -2.08. The van der Waals surface area contributed by atoms with Gasteiger partial charge in [-0.15, -0.1) is 5.48 Å². The number of hydrogen-bond donors (Lipinski definition) is 1. The van der Waals surface area contributed by atoms with Crippen LogP contribution in [0.2, 0.25) is 0 Å². The maximum absolute atomic E-state index is 11.9. The minimum absolute atomic E-state index is 0.00309. The van der Waals surface area contributed by atoms with Gasteiger partial charge >= 0.3 is 12.1 Å². The summed E-state index contributed by atoms with van der Waals surface area (Å²) < 4.78 is 35.7. The van der Waals surface area contributed by atoms with E-state index in [1.54, 1.807) is 12.1 Å². The van der Waals surface area contributed by atoms with Gasteiger partial charge in [-0.3, -0.25) is 0 Å². The van der Waals surface area contributed by atoms with Gasteiger partial charge in [-0.05, 0) is 16.7 Å². The van der Waals surface area contributed by atoms with Crippen LogP contribution in [0.15, 0.2) is 54.6 Å². The maximum atomic E-state index is 11.9. The van der Waals surface area contributed by atoms with E-state index in [1.807, 2.05) is 47.9 Å². The molecule has 21 heavy (non-hydrogen) atoms. The molecular weight excluding hydrogens is 283 g/mol. The fourth-order valence-corrected chi connectivity index (χ4v) is 1.69. The molecule has 110 valence electrons. The molecule has 0 amide bonds. The molecule has 0 aromatic heterocycles. The zero-order chi connectivity index (χ0) is 15.3. The predicted molar refractivity (Wildman–Crippen MR) is 70.9 cm³/mol. The van der Waals surface area contributed by atoms with E-state index in [0.717, 1.165) is 11.1 Å². The largest absolute Gasteiger partial charge is 0.492 e. The summed E-state index contributed by atoms with van der Waals surface area (Å²) in [5.41, 5.74) is 4.73. The Kier molecular flexibility index (Phi) is 4.59. The fourth-order valence-electron chi connectivity index (χ4n) is 1.69. The molecule has 6 heteroatoms. The minimum atomic E-state index is -5.00. The predicted octanol–water partition coefficient (Wildman–Crippen LogP) is 3.46. The van der Waals surface area contributed by atoms with Gasteiger partial charge in [-0.1, -0.05) is 54.6 Å². The Morgan fingerprint density at radius 1 is 0.952 bits per heavy atom. The van der Waals surface area contributed by atoms with Gasteiger partial charge in [-0.25, -0.2) is 4.79 Å². The fraction of sp³-hybridized carbons (Fsp3) is 0.133. The van der Waals surface area contributed by atoms with E-state index in [9.17, 15) is 18.0 Å². The smallest absolute Gasteiger partial charge is 0.363 e. The van der Waals surface area contributed by atoms with Crippen LogP contribution in [0.4, 0.5) is 13.2 Å². The van der Waals surface area contributed by atoms with E-state index in [-0.39, 0.29) is 6.54 Å². The summed E-state index contributed by atoms with van der Waals surface area (Å²) in [6.45, 7) is -0.00309. The lowest BCUT2D eigenvalue weighted by Crippen LogP contribution is -2.31. The van der Waals surface area contributed by atoms with Crippen molar-refractivity contribution in [3.05, 3.63) is 60.2 Å². The van der Waals surface area contributed by atoms with Gasteiger partial charge in [0, 0.05) is 0 Å². The van der Waals surface area contributed by atoms with Crippen LogP contribution in [0.25, 0.3) is 11.1 Å². The first-order valence-electron chi connectivity index (χ1n) is 6.12. The first-order chi connectivity index (χ1) is 9.97. The third-order valence-corrected chi connectivity index (χ3v) is 2.73. The average molecular weight is 295 g/mol. The Bertz CT molecular complexity index is 595. The van der Waals surface area contributed by atoms with Crippen LogP contribution < -0.4 is 5.48 Å². The molecule has 0 saturated heterocycles. The Morgan fingerprint density at radius 2 is 1.52 bits per heavy atom. The molecule has 3 nitrogen and oxygen atoms in total. The van der Waals surface area contributed by atoms with Crippen molar-refractivity contribution >= 4 is 5.97 Å². The molecule has 0 fully saturated rings. The van der Waals surface area contributed by atoms with E-state index >= 15 is 0 Å². The molecule has 1 N–H and O–H groups in total. The summed E-state index contributed by atoms with van der Waals surface area (Å²) in [5.74, 6) is -2.26. The van der Waals surface area contributed by atoms with Gasteiger partial charge in [0.2, 0.25) is 0 Å². The summed E-state index contributed by atoms with van der Waals surface area (Å²) in [5, 5.41) is 0. The van der Waals surface area contributed by atoms with E-state index in [4.69, 9.17) is 0 Å². The third kappa shape index (κ3) is 4.32. The van der Waals surface area contributed by atoms with Crippen LogP contribution in [0.5, 0.6) is 0 Å². The van der Waals surface area contributed by atoms with Crippen molar-refractivity contribution < 1.29 is 22.8 Å². The Hall–Kier alpha value is -2.34. The van der Waals surface area contributed by atoms with Gasteiger partial charge in [0.25, 0.3) is 0 Å². The molecule has 0 radical (unpaired) electrons. The van der Waals surface area contributed by atoms with Crippen LogP contribution in [0, 0.1) is 0 Å². The molecule has 0 aliphatic rings. The van der Waals surface area contributed by atoms with Gasteiger partial charge in [0.1, 0.15) is 0 Å². The molecule has 2 aromatic rings. The van der Waals surface area contributed by atoms with Crippen molar-refractivity contribution in [2.75, 3.05) is 0 Å². The highest BCUT2D eigenvalue weighted by Gasteiger charge is 2.41. The van der Waals surface area contributed by atoms with Crippen molar-refractivity contribution in [3.63, 3.8) is 0 Å². The number of alkyl halides is 3. The third-order valence-electron chi connectivity index (χ3n) is 2.73. The number of hydroxylamine groups is 1. The van der Waals surface area contributed by atoms with E-state index < -0.39 is 12.1 Å². The highest BCUT2D eigenvalue weighted by atomic mass is 19.4. The highest BCUT2D eigenvalue weighted by molar-refractivity contribution is 5.75. The van der Waals surface area contributed by atoms with Crippen LogP contribution >= 0.6 is 0 Å². The number of nitrogens with one attached hydrogen (secondary N) is 1. The van der Waals surface area contributed by atoms with Crippen LogP contribution in [0.1, 0.15) is 5.56 Å². The molecule has 0 atom stereocenters. The minimum Gasteiger partial charge on any atom is -0.363 e. The van der Waals surface area contributed by atoms with Crippen molar-refractivity contribution in [1.29, 1.82) is 0 Å². The first-order valence-corrected chi connectivity index (χ1v) is 6.12. The number of hydrogen-bond acceptors (Lipinski definition) is 3. The Labute approximate surface area is 119 Å². The lowest BCUT2D eigenvalue weighted by molar-refractivity contribution is -0.207. The SMILES string of the molecule is O=C(ONCc1ccc(-c2ccccc2)cc1)C(F)(F)F. The second-order valence-corrected chi connectivity index (χ2v) is 4.27. The molecule has 2 aromatic carbocycles. The molecular formula is C15H12F3NO2. The Morgan fingerprint density at radius 3 is 2.10 bits per heavy atom. The molecule has 0 aliphatic heterocycles. The van der Waals surface area contributed by atoms with Crippen LogP contribution in [-0.2, 0) is 16.2 Å². The van der Waals surface area contributed by atoms with Gasteiger partial charge in [0.05, 0.1) is 6.54 Å². The summed E-state index contributed by atoms with van der Waals surface area (Å²) in [6.07, 6.45) is -5.00. The van der Waals surface area contributed by atoms with Gasteiger partial charge < -0.3 is 4.84 Å². The molecule has 0 saturated carbocycles. The number of carbonyl (C=O) groups excluding carboxylic acids is 1. The quantitative estimate of drug-likeness (QED) is 0.878. The number of halogens is 3. The molecule has 2 rings (SSSR count). The first kappa shape index (κ1) is 15.1. The summed E-state index contributed by atoms with van der Waals surface area (Å²) in [4.78, 5) is 14.4. The summed E-state index contributed by atoms with van der Waals surface area (Å²) in [6, 6.07) is 16.8. The van der Waals surface area contributed by atoms with Gasteiger partial charge in [0.15, 0.2) is 0 Å². The second-order valence-electron chi connectivity index (χ2n) is 4.27. The zero-order valence-electron chi connectivity index (χ0n) is 10.9.